The molecule has 1 amide bonds. The molecule has 4 rings (SSSR count). The number of anilines is 1. The summed E-state index contributed by atoms with van der Waals surface area (Å²) in [6.07, 6.45) is 6.42. The number of carbonyl (C=O) groups is 1. The second-order valence-electron chi connectivity index (χ2n) is 7.67. The summed E-state index contributed by atoms with van der Waals surface area (Å²) in [5, 5.41) is 0. The summed E-state index contributed by atoms with van der Waals surface area (Å²) in [7, 11) is 4.03. The Bertz CT molecular complexity index is 809. The maximum absolute atomic E-state index is 12.0. The molecule has 3 atom stereocenters. The fraction of sp³-hybridized carbons (Fsp3) is 0.500. The molecule has 26 heavy (non-hydrogen) atoms. The second kappa shape index (κ2) is 6.67. The lowest BCUT2D eigenvalue weighted by Crippen LogP contribution is -2.39. The number of carbonyl (C=O) groups excluding carboxylic acids is 1. The standard InChI is InChI=1S/C20H25N5O/c1-13-7-18(23-20(22-13)14-5-4-6-21-11-14)25(3)17-8-15-10-19(26)24(2)12-16(15)9-17/h4-7,11,15-17H,8-10,12H2,1-3H3/t15-,16+,17-/m0/s1. The summed E-state index contributed by atoms with van der Waals surface area (Å²) in [6.45, 7) is 2.89. The van der Waals surface area contributed by atoms with Crippen molar-refractivity contribution in [2.24, 2.45) is 11.8 Å². The highest BCUT2D eigenvalue weighted by molar-refractivity contribution is 5.77. The molecular weight excluding hydrogens is 326 g/mol. The molecule has 0 bridgehead atoms. The van der Waals surface area contributed by atoms with Gasteiger partial charge in [0, 0.05) is 62.8 Å². The quantitative estimate of drug-likeness (QED) is 0.850. The predicted octanol–water partition coefficient (Wildman–Crippen LogP) is 2.54. The van der Waals surface area contributed by atoms with Crippen LogP contribution in [0.25, 0.3) is 11.4 Å². The summed E-state index contributed by atoms with van der Waals surface area (Å²) < 4.78 is 0. The van der Waals surface area contributed by atoms with Crippen molar-refractivity contribution in [2.75, 3.05) is 25.5 Å². The van der Waals surface area contributed by atoms with Crippen LogP contribution in [0.4, 0.5) is 5.82 Å². The number of amides is 1. The number of aromatic nitrogens is 3. The van der Waals surface area contributed by atoms with E-state index in [1.807, 2.05) is 37.1 Å². The molecule has 2 fully saturated rings. The van der Waals surface area contributed by atoms with Gasteiger partial charge in [-0.3, -0.25) is 9.78 Å². The first-order valence-electron chi connectivity index (χ1n) is 9.24. The second-order valence-corrected chi connectivity index (χ2v) is 7.67. The predicted molar refractivity (Wildman–Crippen MR) is 101 cm³/mol. The molecule has 2 aromatic rings. The molecule has 6 nitrogen and oxygen atoms in total. The van der Waals surface area contributed by atoms with Gasteiger partial charge in [-0.05, 0) is 43.7 Å². The molecule has 0 aromatic carbocycles. The van der Waals surface area contributed by atoms with Gasteiger partial charge in [-0.25, -0.2) is 9.97 Å². The summed E-state index contributed by atoms with van der Waals surface area (Å²) in [5.74, 6) is 3.05. The summed E-state index contributed by atoms with van der Waals surface area (Å²) in [6, 6.07) is 6.34. The summed E-state index contributed by atoms with van der Waals surface area (Å²) in [4.78, 5) is 29.7. The SMILES string of the molecule is Cc1cc(N(C)[C@H]2C[C@H]3CC(=O)N(C)C[C@H]3C2)nc(-c2cccnc2)n1. The molecule has 0 spiro atoms. The first-order chi connectivity index (χ1) is 12.5. The molecule has 3 heterocycles. The number of hydrogen-bond acceptors (Lipinski definition) is 5. The van der Waals surface area contributed by atoms with Gasteiger partial charge in [-0.15, -0.1) is 0 Å². The number of fused-ring (bicyclic) bond motifs is 1. The van der Waals surface area contributed by atoms with Crippen molar-refractivity contribution in [1.29, 1.82) is 0 Å². The lowest BCUT2D eigenvalue weighted by atomic mass is 9.88. The minimum absolute atomic E-state index is 0.284. The van der Waals surface area contributed by atoms with E-state index in [4.69, 9.17) is 4.98 Å². The number of nitrogens with zero attached hydrogens (tertiary/aromatic N) is 5. The van der Waals surface area contributed by atoms with E-state index >= 15 is 0 Å². The maximum atomic E-state index is 12.0. The van der Waals surface area contributed by atoms with Crippen LogP contribution in [-0.4, -0.2) is 52.4 Å². The molecular formula is C20H25N5O. The molecule has 136 valence electrons. The van der Waals surface area contributed by atoms with Gasteiger partial charge in [0.05, 0.1) is 0 Å². The zero-order valence-electron chi connectivity index (χ0n) is 15.6. The van der Waals surface area contributed by atoms with E-state index in [0.717, 1.165) is 36.5 Å². The highest BCUT2D eigenvalue weighted by atomic mass is 16.2. The summed E-state index contributed by atoms with van der Waals surface area (Å²) in [5.41, 5.74) is 1.88. The average molecular weight is 351 g/mol. The summed E-state index contributed by atoms with van der Waals surface area (Å²) >= 11 is 0. The molecule has 1 saturated carbocycles. The van der Waals surface area contributed by atoms with Crippen molar-refractivity contribution in [3.05, 3.63) is 36.3 Å². The van der Waals surface area contributed by atoms with Crippen molar-refractivity contribution in [2.45, 2.75) is 32.2 Å². The molecule has 1 saturated heterocycles. The number of piperidine rings is 1. The van der Waals surface area contributed by atoms with Gasteiger partial charge in [-0.1, -0.05) is 0 Å². The Morgan fingerprint density at radius 3 is 2.81 bits per heavy atom. The topological polar surface area (TPSA) is 62.2 Å². The average Bonchev–Trinajstić information content (AvgIpc) is 3.04. The van der Waals surface area contributed by atoms with Crippen LogP contribution in [0.2, 0.25) is 0 Å². The first-order valence-corrected chi connectivity index (χ1v) is 9.24. The Balaban J connectivity index is 1.56. The van der Waals surface area contributed by atoms with E-state index < -0.39 is 0 Å². The van der Waals surface area contributed by atoms with Gasteiger partial charge in [0.15, 0.2) is 5.82 Å². The lowest BCUT2D eigenvalue weighted by Gasteiger charge is -2.31. The Morgan fingerprint density at radius 1 is 1.23 bits per heavy atom. The Hall–Kier alpha value is -2.50. The third kappa shape index (κ3) is 3.16. The smallest absolute Gasteiger partial charge is 0.222 e. The minimum atomic E-state index is 0.284. The van der Waals surface area contributed by atoms with Crippen molar-refractivity contribution in [1.82, 2.24) is 19.9 Å². The van der Waals surface area contributed by atoms with Crippen LogP contribution in [0.1, 0.15) is 25.0 Å². The number of pyridine rings is 1. The Kier molecular flexibility index (Phi) is 4.34. The van der Waals surface area contributed by atoms with Gasteiger partial charge in [0.1, 0.15) is 5.82 Å². The normalized spacial score (nSPS) is 25.3. The molecule has 0 unspecified atom stereocenters. The van der Waals surface area contributed by atoms with Gasteiger partial charge >= 0.3 is 0 Å². The zero-order chi connectivity index (χ0) is 18.3. The van der Waals surface area contributed by atoms with E-state index in [2.05, 4.69) is 21.9 Å². The van der Waals surface area contributed by atoms with Crippen LogP contribution in [0.5, 0.6) is 0 Å². The third-order valence-corrected chi connectivity index (χ3v) is 5.86. The molecule has 1 aliphatic heterocycles. The van der Waals surface area contributed by atoms with E-state index in [-0.39, 0.29) is 5.91 Å². The fourth-order valence-corrected chi connectivity index (χ4v) is 4.35. The van der Waals surface area contributed by atoms with E-state index in [0.29, 0.717) is 30.1 Å². The van der Waals surface area contributed by atoms with Crippen LogP contribution in [0.3, 0.4) is 0 Å². The van der Waals surface area contributed by atoms with Crippen LogP contribution >= 0.6 is 0 Å². The third-order valence-electron chi connectivity index (χ3n) is 5.86. The van der Waals surface area contributed by atoms with Crippen molar-refractivity contribution in [3.63, 3.8) is 0 Å². The van der Waals surface area contributed by atoms with Crippen LogP contribution < -0.4 is 4.90 Å². The van der Waals surface area contributed by atoms with Crippen LogP contribution in [0.15, 0.2) is 30.6 Å². The first kappa shape index (κ1) is 16.9. The highest BCUT2D eigenvalue weighted by Crippen LogP contribution is 2.40. The maximum Gasteiger partial charge on any atom is 0.222 e. The number of rotatable bonds is 3. The number of aryl methyl sites for hydroxylation is 1. The highest BCUT2D eigenvalue weighted by Gasteiger charge is 2.41. The van der Waals surface area contributed by atoms with Crippen molar-refractivity contribution >= 4 is 11.7 Å². The molecule has 0 radical (unpaired) electrons. The van der Waals surface area contributed by atoms with E-state index in [1.54, 1.807) is 12.4 Å². The van der Waals surface area contributed by atoms with Crippen LogP contribution in [0, 0.1) is 18.8 Å². The van der Waals surface area contributed by atoms with Crippen molar-refractivity contribution in [3.8, 4) is 11.4 Å². The fourth-order valence-electron chi connectivity index (χ4n) is 4.35. The van der Waals surface area contributed by atoms with Gasteiger partial charge in [0.2, 0.25) is 5.91 Å². The molecule has 0 N–H and O–H groups in total. The lowest BCUT2D eigenvalue weighted by molar-refractivity contribution is -0.134. The van der Waals surface area contributed by atoms with E-state index in [9.17, 15) is 4.79 Å². The zero-order valence-corrected chi connectivity index (χ0v) is 15.6. The van der Waals surface area contributed by atoms with Gasteiger partial charge in [0.25, 0.3) is 0 Å². The van der Waals surface area contributed by atoms with Crippen molar-refractivity contribution < 1.29 is 4.79 Å². The monoisotopic (exact) mass is 351 g/mol. The molecule has 1 aliphatic carbocycles. The minimum Gasteiger partial charge on any atom is -0.357 e. The Morgan fingerprint density at radius 2 is 2.04 bits per heavy atom. The van der Waals surface area contributed by atoms with Gasteiger partial charge < -0.3 is 9.80 Å². The number of hydrogen-bond donors (Lipinski definition) is 0. The van der Waals surface area contributed by atoms with E-state index in [1.165, 1.54) is 0 Å². The molecule has 6 heteroatoms. The largest absolute Gasteiger partial charge is 0.357 e. The molecule has 2 aromatic heterocycles. The molecule has 2 aliphatic rings. The van der Waals surface area contributed by atoms with Gasteiger partial charge in [-0.2, -0.15) is 0 Å². The number of likely N-dealkylation sites (tertiary alicyclic amines) is 1. The van der Waals surface area contributed by atoms with Crippen LogP contribution in [-0.2, 0) is 4.79 Å². The Labute approximate surface area is 154 Å².